The lowest BCUT2D eigenvalue weighted by molar-refractivity contribution is 0.401. The van der Waals surface area contributed by atoms with E-state index in [-0.39, 0.29) is 0 Å². The molecule has 26 heavy (non-hydrogen) atoms. The van der Waals surface area contributed by atoms with Crippen LogP contribution >= 0.6 is 47.0 Å². The molecule has 0 unspecified atom stereocenters. The first-order valence-corrected chi connectivity index (χ1v) is 11.4. The number of ether oxygens (including phenoxy) is 2. The normalized spacial score (nSPS) is 17.3. The van der Waals surface area contributed by atoms with Crippen molar-refractivity contribution >= 4 is 59.2 Å². The summed E-state index contributed by atoms with van der Waals surface area (Å²) in [6.07, 6.45) is 4.37. The number of allylic oxidation sites excluding steroid dienone is 4. The number of hydrogen-bond donors (Lipinski definition) is 0. The van der Waals surface area contributed by atoms with E-state index >= 15 is 0 Å². The molecule has 1 aromatic carbocycles. The summed E-state index contributed by atoms with van der Waals surface area (Å²) < 4.78 is 13.9. The first kappa shape index (κ1) is 19.9. The summed E-state index contributed by atoms with van der Waals surface area (Å²) in [7, 11) is 3.44. The summed E-state index contributed by atoms with van der Waals surface area (Å²) in [5.41, 5.74) is 2.09. The van der Waals surface area contributed by atoms with Gasteiger partial charge in [-0.05, 0) is 71.6 Å². The Morgan fingerprint density at radius 1 is 0.615 bits per heavy atom. The molecule has 0 bridgehead atoms. The lowest BCUT2D eigenvalue weighted by Crippen LogP contribution is -1.93. The monoisotopic (exact) mass is 422 g/mol. The lowest BCUT2D eigenvalue weighted by Gasteiger charge is -2.12. The van der Waals surface area contributed by atoms with Gasteiger partial charge in [0.15, 0.2) is 0 Å². The molecule has 2 heterocycles. The number of benzene rings is 1. The third kappa shape index (κ3) is 4.35. The first-order chi connectivity index (χ1) is 12.4. The van der Waals surface area contributed by atoms with Crippen LogP contribution in [0.1, 0.15) is 38.8 Å². The van der Waals surface area contributed by atoms with E-state index in [1.54, 1.807) is 14.2 Å². The van der Waals surface area contributed by atoms with E-state index in [1.165, 1.54) is 28.1 Å². The highest BCUT2D eigenvalue weighted by Crippen LogP contribution is 2.51. The van der Waals surface area contributed by atoms with Crippen LogP contribution in [0.15, 0.2) is 40.2 Å². The van der Waals surface area contributed by atoms with E-state index in [4.69, 9.17) is 9.47 Å². The van der Waals surface area contributed by atoms with Crippen molar-refractivity contribution in [2.75, 3.05) is 14.2 Å². The molecule has 0 saturated heterocycles. The Morgan fingerprint density at radius 3 is 1.19 bits per heavy atom. The number of methoxy groups -OCH3 is 2. The average molecular weight is 423 g/mol. The van der Waals surface area contributed by atoms with E-state index in [1.807, 2.05) is 47.0 Å². The zero-order valence-electron chi connectivity index (χ0n) is 15.8. The van der Waals surface area contributed by atoms with E-state index < -0.39 is 0 Å². The molecule has 2 aliphatic heterocycles. The Kier molecular flexibility index (Phi) is 6.49. The zero-order chi connectivity index (χ0) is 18.8. The third-order valence-electron chi connectivity index (χ3n) is 4.14. The van der Waals surface area contributed by atoms with Crippen molar-refractivity contribution in [3.63, 3.8) is 0 Å². The van der Waals surface area contributed by atoms with Gasteiger partial charge in [-0.2, -0.15) is 0 Å². The summed E-state index contributed by atoms with van der Waals surface area (Å²) in [4.78, 5) is 5.45. The minimum atomic E-state index is 0.864. The van der Waals surface area contributed by atoms with Crippen molar-refractivity contribution in [1.82, 2.24) is 0 Å². The molecule has 0 amide bonds. The van der Waals surface area contributed by atoms with E-state index in [2.05, 4.69) is 52.0 Å². The Balaban J connectivity index is 1.95. The van der Waals surface area contributed by atoms with Gasteiger partial charge in [-0.15, -0.1) is 0 Å². The molecule has 0 aromatic heterocycles. The summed E-state index contributed by atoms with van der Waals surface area (Å²) in [6, 6.07) is 4.14. The van der Waals surface area contributed by atoms with Gasteiger partial charge in [-0.1, -0.05) is 47.0 Å². The Labute approximate surface area is 172 Å². The maximum atomic E-state index is 5.67. The highest BCUT2D eigenvalue weighted by atomic mass is 32.2. The quantitative estimate of drug-likeness (QED) is 0.490. The van der Waals surface area contributed by atoms with Gasteiger partial charge in [-0.3, -0.25) is 0 Å². The molecule has 2 aliphatic rings. The lowest BCUT2D eigenvalue weighted by atomic mass is 10.1. The van der Waals surface area contributed by atoms with Gasteiger partial charge in [-0.25, -0.2) is 0 Å². The van der Waals surface area contributed by atoms with Crippen molar-refractivity contribution in [3.8, 4) is 11.5 Å². The van der Waals surface area contributed by atoms with Crippen LogP contribution < -0.4 is 9.47 Å². The molecule has 0 aliphatic carbocycles. The van der Waals surface area contributed by atoms with Gasteiger partial charge in [0.05, 0.1) is 14.2 Å². The second-order valence-electron chi connectivity index (χ2n) is 5.90. The van der Waals surface area contributed by atoms with Gasteiger partial charge in [0.25, 0.3) is 0 Å². The molecule has 0 spiro atoms. The Hall–Kier alpha value is -0.820. The molecule has 0 N–H and O–H groups in total. The predicted molar refractivity (Wildman–Crippen MR) is 123 cm³/mol. The molecule has 1 aromatic rings. The van der Waals surface area contributed by atoms with E-state index in [0.717, 1.165) is 22.6 Å². The van der Waals surface area contributed by atoms with Crippen molar-refractivity contribution in [2.24, 2.45) is 0 Å². The summed E-state index contributed by atoms with van der Waals surface area (Å²) in [5, 5.41) is 0. The van der Waals surface area contributed by atoms with Crippen LogP contribution in [-0.4, -0.2) is 14.2 Å². The van der Waals surface area contributed by atoms with Crippen LogP contribution in [-0.2, 0) is 0 Å². The van der Waals surface area contributed by atoms with Crippen molar-refractivity contribution in [1.29, 1.82) is 0 Å². The smallest absolute Gasteiger partial charge is 0.127 e. The average Bonchev–Trinajstić information content (AvgIpc) is 3.09. The highest BCUT2D eigenvalue weighted by Gasteiger charge is 2.18. The molecule has 3 rings (SSSR count). The highest BCUT2D eigenvalue weighted by molar-refractivity contribution is 8.29. The minimum Gasteiger partial charge on any atom is -0.496 e. The fraction of sp³-hybridized carbons (Fsp3) is 0.300. The second kappa shape index (κ2) is 8.46. The van der Waals surface area contributed by atoms with Crippen LogP contribution in [0, 0.1) is 0 Å². The molecule has 2 nitrogen and oxygen atoms in total. The van der Waals surface area contributed by atoms with Crippen molar-refractivity contribution < 1.29 is 9.47 Å². The predicted octanol–water partition coefficient (Wildman–Crippen LogP) is 7.76. The third-order valence-corrected chi connectivity index (χ3v) is 9.12. The van der Waals surface area contributed by atoms with Crippen LogP contribution in [0.3, 0.4) is 0 Å². The fourth-order valence-corrected chi connectivity index (χ4v) is 7.33. The number of rotatable bonds is 4. The fourth-order valence-electron chi connectivity index (χ4n) is 2.48. The van der Waals surface area contributed by atoms with Crippen molar-refractivity contribution in [2.45, 2.75) is 27.7 Å². The Bertz CT molecular complexity index is 759. The van der Waals surface area contributed by atoms with E-state index in [9.17, 15) is 0 Å². The Morgan fingerprint density at radius 2 is 0.923 bits per heavy atom. The zero-order valence-corrected chi connectivity index (χ0v) is 19.0. The van der Waals surface area contributed by atoms with Crippen LogP contribution in [0.5, 0.6) is 11.5 Å². The molecule has 6 heteroatoms. The standard InChI is InChI=1S/C20H22O2S4/c1-11-12(2)24-19(23-11)9-15-7-18(22-6)16(8-17(15)21-5)10-20-25-13(3)14(4)26-20/h7-10H,1-6H3. The minimum absolute atomic E-state index is 0.864. The maximum Gasteiger partial charge on any atom is 0.127 e. The number of hydrogen-bond acceptors (Lipinski definition) is 6. The molecule has 0 atom stereocenters. The molecule has 138 valence electrons. The topological polar surface area (TPSA) is 18.5 Å². The van der Waals surface area contributed by atoms with Crippen LogP contribution in [0.2, 0.25) is 0 Å². The van der Waals surface area contributed by atoms with Crippen LogP contribution in [0.25, 0.3) is 12.2 Å². The van der Waals surface area contributed by atoms with Gasteiger partial charge in [0.2, 0.25) is 0 Å². The summed E-state index contributed by atoms with van der Waals surface area (Å²) >= 11 is 7.26. The van der Waals surface area contributed by atoms with Crippen molar-refractivity contribution in [3.05, 3.63) is 51.4 Å². The largest absolute Gasteiger partial charge is 0.496 e. The van der Waals surface area contributed by atoms with Gasteiger partial charge < -0.3 is 9.47 Å². The first-order valence-electron chi connectivity index (χ1n) is 8.17. The molecule has 0 radical (unpaired) electrons. The van der Waals surface area contributed by atoms with Crippen LogP contribution in [0.4, 0.5) is 0 Å². The molecular weight excluding hydrogens is 400 g/mol. The van der Waals surface area contributed by atoms with E-state index in [0.29, 0.717) is 0 Å². The molecule has 0 fully saturated rings. The summed E-state index contributed by atoms with van der Waals surface area (Å²) in [5.74, 6) is 1.73. The maximum absolute atomic E-state index is 5.67. The van der Waals surface area contributed by atoms with Gasteiger partial charge in [0.1, 0.15) is 11.5 Å². The SMILES string of the molecule is COc1cc(C=C2SC(C)=C(C)S2)c(OC)cc1C=C1SC(C)=C(C)S1. The number of thioether (sulfide) groups is 4. The van der Waals surface area contributed by atoms with Gasteiger partial charge >= 0.3 is 0 Å². The molecular formula is C20H22O2S4. The molecule has 0 saturated carbocycles. The summed E-state index contributed by atoms with van der Waals surface area (Å²) in [6.45, 7) is 8.65. The van der Waals surface area contributed by atoms with Gasteiger partial charge in [0, 0.05) is 19.6 Å². The second-order valence-corrected chi connectivity index (χ2v) is 11.4.